The number of benzene rings is 1. The van der Waals surface area contributed by atoms with E-state index in [0.717, 1.165) is 36.8 Å². The molecule has 0 saturated heterocycles. The first kappa shape index (κ1) is 12.6. The normalized spacial score (nSPS) is 21.1. The van der Waals surface area contributed by atoms with Gasteiger partial charge in [0, 0.05) is 12.0 Å². The molecule has 1 unspecified atom stereocenters. The Morgan fingerprint density at radius 1 is 1.29 bits per heavy atom. The van der Waals surface area contributed by atoms with Crippen molar-refractivity contribution in [2.24, 2.45) is 11.1 Å². The molecule has 17 heavy (non-hydrogen) atoms. The van der Waals surface area contributed by atoms with Gasteiger partial charge in [0.2, 0.25) is 0 Å². The maximum Gasteiger partial charge on any atom is 0.132 e. The fourth-order valence-electron chi connectivity index (χ4n) is 3.00. The number of hydrogen-bond donors (Lipinski definition) is 1. The van der Waals surface area contributed by atoms with Gasteiger partial charge in [0.25, 0.3) is 0 Å². The molecule has 2 heteroatoms. The molecular formula is C15H22FN. The minimum absolute atomic E-state index is 0.313. The maximum absolute atomic E-state index is 14.8. The van der Waals surface area contributed by atoms with E-state index >= 15 is 0 Å². The second-order valence-electron chi connectivity index (χ2n) is 5.40. The summed E-state index contributed by atoms with van der Waals surface area (Å²) in [6, 6.07) is 7.79. The topological polar surface area (TPSA) is 26.0 Å². The lowest BCUT2D eigenvalue weighted by Gasteiger charge is -2.39. The molecule has 0 aliphatic heterocycles. The number of aryl methyl sites for hydroxylation is 1. The van der Waals surface area contributed by atoms with Crippen LogP contribution in [0, 0.1) is 12.3 Å². The van der Waals surface area contributed by atoms with Crippen molar-refractivity contribution < 1.29 is 4.39 Å². The Kier molecular flexibility index (Phi) is 3.82. The Morgan fingerprint density at radius 2 is 2.00 bits per heavy atom. The summed E-state index contributed by atoms with van der Waals surface area (Å²) >= 11 is 0. The zero-order chi connectivity index (χ0) is 12.3. The summed E-state index contributed by atoms with van der Waals surface area (Å²) in [6.45, 7) is 2.47. The van der Waals surface area contributed by atoms with Gasteiger partial charge in [-0.25, -0.2) is 4.39 Å². The SMILES string of the molecule is Cc1cccc(C(F)C2(CN)CCCCC2)c1. The summed E-state index contributed by atoms with van der Waals surface area (Å²) in [5.74, 6) is 0. The first-order valence-electron chi connectivity index (χ1n) is 6.59. The van der Waals surface area contributed by atoms with Crippen molar-refractivity contribution in [3.63, 3.8) is 0 Å². The molecule has 1 aliphatic carbocycles. The lowest BCUT2D eigenvalue weighted by Crippen LogP contribution is -2.37. The molecule has 1 saturated carbocycles. The molecule has 1 aromatic carbocycles. The zero-order valence-electron chi connectivity index (χ0n) is 10.6. The predicted molar refractivity (Wildman–Crippen MR) is 69.6 cm³/mol. The molecule has 1 nitrogen and oxygen atoms in total. The van der Waals surface area contributed by atoms with Crippen LogP contribution in [0.5, 0.6) is 0 Å². The van der Waals surface area contributed by atoms with E-state index in [1.807, 2.05) is 31.2 Å². The van der Waals surface area contributed by atoms with E-state index in [9.17, 15) is 4.39 Å². The average Bonchev–Trinajstić information content (AvgIpc) is 2.38. The molecule has 0 heterocycles. The standard InChI is InChI=1S/C15H22FN/c1-12-6-5-7-13(10-12)14(16)15(11-17)8-3-2-4-9-15/h5-7,10,14H,2-4,8-9,11,17H2,1H3. The van der Waals surface area contributed by atoms with E-state index in [0.29, 0.717) is 6.54 Å². The van der Waals surface area contributed by atoms with Crippen LogP contribution in [0.25, 0.3) is 0 Å². The van der Waals surface area contributed by atoms with Crippen molar-refractivity contribution in [3.8, 4) is 0 Å². The smallest absolute Gasteiger partial charge is 0.132 e. The van der Waals surface area contributed by atoms with Crippen LogP contribution in [-0.4, -0.2) is 6.54 Å². The van der Waals surface area contributed by atoms with Crippen molar-refractivity contribution in [1.29, 1.82) is 0 Å². The van der Waals surface area contributed by atoms with Crippen molar-refractivity contribution in [3.05, 3.63) is 35.4 Å². The Balaban J connectivity index is 2.24. The number of nitrogens with two attached hydrogens (primary N) is 1. The van der Waals surface area contributed by atoms with Crippen molar-refractivity contribution in [2.45, 2.75) is 45.2 Å². The average molecular weight is 235 g/mol. The third-order valence-electron chi connectivity index (χ3n) is 4.13. The van der Waals surface area contributed by atoms with Crippen LogP contribution in [0.15, 0.2) is 24.3 Å². The van der Waals surface area contributed by atoms with Gasteiger partial charge in [0.05, 0.1) is 0 Å². The van der Waals surface area contributed by atoms with Crippen molar-refractivity contribution in [1.82, 2.24) is 0 Å². The second kappa shape index (κ2) is 5.18. The Bertz CT molecular complexity index is 369. The molecule has 1 aliphatic rings. The first-order valence-corrected chi connectivity index (χ1v) is 6.59. The van der Waals surface area contributed by atoms with Gasteiger partial charge in [0.15, 0.2) is 0 Å². The molecule has 0 amide bonds. The van der Waals surface area contributed by atoms with Crippen LogP contribution in [0.2, 0.25) is 0 Å². The zero-order valence-corrected chi connectivity index (χ0v) is 10.6. The summed E-state index contributed by atoms with van der Waals surface area (Å²) in [7, 11) is 0. The number of rotatable bonds is 3. The first-order chi connectivity index (χ1) is 8.18. The number of halogens is 1. The van der Waals surface area contributed by atoms with Gasteiger partial charge < -0.3 is 5.73 Å². The molecule has 2 N–H and O–H groups in total. The highest BCUT2D eigenvalue weighted by Crippen LogP contribution is 2.47. The summed E-state index contributed by atoms with van der Waals surface area (Å²) < 4.78 is 14.8. The molecule has 2 rings (SSSR count). The minimum atomic E-state index is -0.910. The van der Waals surface area contributed by atoms with Gasteiger partial charge in [-0.3, -0.25) is 0 Å². The number of hydrogen-bond acceptors (Lipinski definition) is 1. The largest absolute Gasteiger partial charge is 0.330 e. The molecular weight excluding hydrogens is 213 g/mol. The minimum Gasteiger partial charge on any atom is -0.330 e. The van der Waals surface area contributed by atoms with Crippen LogP contribution in [0.4, 0.5) is 4.39 Å². The van der Waals surface area contributed by atoms with Gasteiger partial charge in [-0.2, -0.15) is 0 Å². The molecule has 94 valence electrons. The van der Waals surface area contributed by atoms with Gasteiger partial charge in [0.1, 0.15) is 6.17 Å². The molecule has 0 bridgehead atoms. The number of alkyl halides is 1. The van der Waals surface area contributed by atoms with Crippen LogP contribution in [0.1, 0.15) is 49.4 Å². The van der Waals surface area contributed by atoms with E-state index in [-0.39, 0.29) is 5.41 Å². The van der Waals surface area contributed by atoms with Gasteiger partial charge >= 0.3 is 0 Å². The summed E-state index contributed by atoms with van der Waals surface area (Å²) in [4.78, 5) is 0. The van der Waals surface area contributed by atoms with Crippen LogP contribution in [0.3, 0.4) is 0 Å². The lowest BCUT2D eigenvalue weighted by molar-refractivity contribution is 0.0677. The van der Waals surface area contributed by atoms with Crippen LogP contribution >= 0.6 is 0 Å². The van der Waals surface area contributed by atoms with Gasteiger partial charge in [-0.1, -0.05) is 49.1 Å². The highest BCUT2D eigenvalue weighted by atomic mass is 19.1. The van der Waals surface area contributed by atoms with E-state index in [1.165, 1.54) is 6.42 Å². The van der Waals surface area contributed by atoms with Crippen LogP contribution < -0.4 is 5.73 Å². The van der Waals surface area contributed by atoms with Crippen LogP contribution in [-0.2, 0) is 0 Å². The summed E-state index contributed by atoms with van der Waals surface area (Å²) in [5, 5.41) is 0. The monoisotopic (exact) mass is 235 g/mol. The highest BCUT2D eigenvalue weighted by molar-refractivity contribution is 5.26. The Morgan fingerprint density at radius 3 is 2.59 bits per heavy atom. The Hall–Kier alpha value is -0.890. The summed E-state index contributed by atoms with van der Waals surface area (Å²) in [6.07, 6.45) is 4.40. The second-order valence-corrected chi connectivity index (χ2v) is 5.40. The van der Waals surface area contributed by atoms with Gasteiger partial charge in [-0.05, 0) is 25.3 Å². The molecule has 1 fully saturated rings. The van der Waals surface area contributed by atoms with Crippen molar-refractivity contribution in [2.75, 3.05) is 6.54 Å². The quantitative estimate of drug-likeness (QED) is 0.844. The summed E-state index contributed by atoms with van der Waals surface area (Å²) in [5.41, 5.74) is 7.48. The maximum atomic E-state index is 14.8. The van der Waals surface area contributed by atoms with Crippen molar-refractivity contribution >= 4 is 0 Å². The van der Waals surface area contributed by atoms with E-state index < -0.39 is 6.17 Å². The fraction of sp³-hybridized carbons (Fsp3) is 0.600. The molecule has 0 spiro atoms. The third-order valence-corrected chi connectivity index (χ3v) is 4.13. The molecule has 1 aromatic rings. The van der Waals surface area contributed by atoms with Gasteiger partial charge in [-0.15, -0.1) is 0 Å². The van der Waals surface area contributed by atoms with E-state index in [2.05, 4.69) is 0 Å². The molecule has 0 radical (unpaired) electrons. The van der Waals surface area contributed by atoms with E-state index in [4.69, 9.17) is 5.73 Å². The molecule has 1 atom stereocenters. The van der Waals surface area contributed by atoms with E-state index in [1.54, 1.807) is 0 Å². The highest BCUT2D eigenvalue weighted by Gasteiger charge is 2.39. The third kappa shape index (κ3) is 2.52. The fourth-order valence-corrected chi connectivity index (χ4v) is 3.00. The lowest BCUT2D eigenvalue weighted by atomic mass is 9.69. The molecule has 0 aromatic heterocycles. The Labute approximate surface area is 103 Å². The predicted octanol–water partition coefficient (Wildman–Crippen LogP) is 3.91.